The summed E-state index contributed by atoms with van der Waals surface area (Å²) in [6.45, 7) is 5.65. The van der Waals surface area contributed by atoms with E-state index in [9.17, 15) is 23.1 Å². The molecule has 1 saturated heterocycles. The first-order chi connectivity index (χ1) is 9.08. The summed E-state index contributed by atoms with van der Waals surface area (Å²) in [4.78, 5) is 25.1. The highest BCUT2D eigenvalue weighted by atomic mass is 32.2. The van der Waals surface area contributed by atoms with E-state index in [-0.39, 0.29) is 36.3 Å². The first-order valence-electron chi connectivity index (χ1n) is 6.80. The standard InChI is InChI=1S/C13H23NO5S/c1-10(2)13(3,12(16)17)9-11(15)14-5-4-7-20(18,19)8-6-14/h10H,4-9H2,1-3H3,(H,16,17). The van der Waals surface area contributed by atoms with Gasteiger partial charge in [0.25, 0.3) is 0 Å². The lowest BCUT2D eigenvalue weighted by atomic mass is 9.76. The Morgan fingerprint density at radius 3 is 2.35 bits per heavy atom. The summed E-state index contributed by atoms with van der Waals surface area (Å²) in [5.74, 6) is -1.40. The second-order valence-electron chi connectivity index (χ2n) is 5.94. The summed E-state index contributed by atoms with van der Waals surface area (Å²) in [7, 11) is -3.07. The molecule has 1 atom stereocenters. The van der Waals surface area contributed by atoms with Crippen LogP contribution in [0.1, 0.15) is 33.6 Å². The SMILES string of the molecule is CC(C)C(C)(CC(=O)N1CCCS(=O)(=O)CC1)C(=O)O. The first-order valence-corrected chi connectivity index (χ1v) is 8.62. The Hall–Kier alpha value is -1.11. The minimum Gasteiger partial charge on any atom is -0.481 e. The van der Waals surface area contributed by atoms with Gasteiger partial charge in [-0.25, -0.2) is 8.42 Å². The van der Waals surface area contributed by atoms with E-state index < -0.39 is 21.2 Å². The average Bonchev–Trinajstić information content (AvgIpc) is 2.49. The van der Waals surface area contributed by atoms with Crippen molar-refractivity contribution in [3.8, 4) is 0 Å². The van der Waals surface area contributed by atoms with Gasteiger partial charge in [-0.15, -0.1) is 0 Å². The number of hydrogen-bond donors (Lipinski definition) is 1. The highest BCUT2D eigenvalue weighted by Gasteiger charge is 2.40. The number of carbonyl (C=O) groups is 2. The van der Waals surface area contributed by atoms with Crippen LogP contribution in [0, 0.1) is 11.3 Å². The smallest absolute Gasteiger partial charge is 0.310 e. The van der Waals surface area contributed by atoms with Gasteiger partial charge in [0.05, 0.1) is 16.9 Å². The van der Waals surface area contributed by atoms with E-state index in [0.717, 1.165) is 0 Å². The number of aliphatic carboxylic acids is 1. The second-order valence-corrected chi connectivity index (χ2v) is 8.24. The molecular weight excluding hydrogens is 282 g/mol. The van der Waals surface area contributed by atoms with Crippen LogP contribution in [0.3, 0.4) is 0 Å². The molecule has 0 aromatic heterocycles. The number of nitrogens with zero attached hydrogens (tertiary/aromatic N) is 1. The maximum atomic E-state index is 12.3. The molecule has 0 aromatic carbocycles. The number of sulfone groups is 1. The molecular formula is C13H23NO5S. The topological polar surface area (TPSA) is 91.8 Å². The van der Waals surface area contributed by atoms with Gasteiger partial charge in [-0.3, -0.25) is 9.59 Å². The van der Waals surface area contributed by atoms with Gasteiger partial charge in [-0.05, 0) is 19.3 Å². The second kappa shape index (κ2) is 6.11. The van der Waals surface area contributed by atoms with Crippen molar-refractivity contribution in [3.05, 3.63) is 0 Å². The molecule has 0 saturated carbocycles. The normalized spacial score (nSPS) is 22.1. The molecule has 116 valence electrons. The zero-order chi connectivity index (χ0) is 15.6. The van der Waals surface area contributed by atoms with E-state index in [1.54, 1.807) is 20.8 Å². The lowest BCUT2D eigenvalue weighted by molar-refractivity contribution is -0.155. The number of amides is 1. The van der Waals surface area contributed by atoms with Gasteiger partial charge in [-0.2, -0.15) is 0 Å². The quantitative estimate of drug-likeness (QED) is 0.828. The Balaban J connectivity index is 2.78. The van der Waals surface area contributed by atoms with E-state index >= 15 is 0 Å². The van der Waals surface area contributed by atoms with Crippen molar-refractivity contribution >= 4 is 21.7 Å². The number of rotatable bonds is 4. The van der Waals surface area contributed by atoms with E-state index in [2.05, 4.69) is 0 Å². The molecule has 20 heavy (non-hydrogen) atoms. The summed E-state index contributed by atoms with van der Waals surface area (Å²) in [5.41, 5.74) is -1.12. The predicted molar refractivity (Wildman–Crippen MR) is 75.0 cm³/mol. The Labute approximate surface area is 120 Å². The average molecular weight is 305 g/mol. The molecule has 0 aliphatic carbocycles. The third kappa shape index (κ3) is 3.94. The van der Waals surface area contributed by atoms with Crippen LogP contribution in [0.15, 0.2) is 0 Å². The van der Waals surface area contributed by atoms with Crippen LogP contribution < -0.4 is 0 Å². The number of carboxylic acids is 1. The Bertz CT molecular complexity index is 485. The molecule has 1 aliphatic heterocycles. The van der Waals surface area contributed by atoms with E-state index in [1.807, 2.05) is 0 Å². The molecule has 0 radical (unpaired) electrons. The minimum atomic E-state index is -3.07. The fraction of sp³-hybridized carbons (Fsp3) is 0.846. The van der Waals surface area contributed by atoms with Crippen LogP contribution in [0.2, 0.25) is 0 Å². The van der Waals surface area contributed by atoms with Crippen molar-refractivity contribution in [2.24, 2.45) is 11.3 Å². The van der Waals surface area contributed by atoms with E-state index in [4.69, 9.17) is 0 Å². The van der Waals surface area contributed by atoms with Gasteiger partial charge in [0.1, 0.15) is 0 Å². The highest BCUT2D eigenvalue weighted by molar-refractivity contribution is 7.91. The Morgan fingerprint density at radius 1 is 1.25 bits per heavy atom. The largest absolute Gasteiger partial charge is 0.481 e. The molecule has 0 bridgehead atoms. The maximum Gasteiger partial charge on any atom is 0.310 e. The monoisotopic (exact) mass is 305 g/mol. The Morgan fingerprint density at radius 2 is 1.85 bits per heavy atom. The number of carboxylic acid groups (broad SMARTS) is 1. The molecule has 1 rings (SSSR count). The van der Waals surface area contributed by atoms with Crippen molar-refractivity contribution in [3.63, 3.8) is 0 Å². The summed E-state index contributed by atoms with van der Waals surface area (Å²) < 4.78 is 23.0. The molecule has 0 aromatic rings. The van der Waals surface area contributed by atoms with Crippen molar-refractivity contribution in [1.29, 1.82) is 0 Å². The molecule has 6 nitrogen and oxygen atoms in total. The van der Waals surface area contributed by atoms with Gasteiger partial charge >= 0.3 is 5.97 Å². The van der Waals surface area contributed by atoms with E-state index in [0.29, 0.717) is 13.0 Å². The van der Waals surface area contributed by atoms with Crippen molar-refractivity contribution in [2.45, 2.75) is 33.6 Å². The number of carbonyl (C=O) groups excluding carboxylic acids is 1. The van der Waals surface area contributed by atoms with Crippen molar-refractivity contribution in [1.82, 2.24) is 4.90 Å². The third-order valence-electron chi connectivity index (χ3n) is 4.19. The summed E-state index contributed by atoms with van der Waals surface area (Å²) >= 11 is 0. The van der Waals surface area contributed by atoms with Crippen LogP contribution >= 0.6 is 0 Å². The Kier molecular flexibility index (Phi) is 5.18. The molecule has 1 amide bonds. The molecule has 1 heterocycles. The third-order valence-corrected chi connectivity index (χ3v) is 5.90. The molecule has 1 fully saturated rings. The lowest BCUT2D eigenvalue weighted by Gasteiger charge is -2.31. The van der Waals surface area contributed by atoms with Gasteiger partial charge in [-0.1, -0.05) is 13.8 Å². The summed E-state index contributed by atoms with van der Waals surface area (Å²) in [6, 6.07) is 0. The first kappa shape index (κ1) is 16.9. The minimum absolute atomic E-state index is 0.0375. The zero-order valence-corrected chi connectivity index (χ0v) is 13.1. The predicted octanol–water partition coefficient (Wildman–Crippen LogP) is 0.770. The molecule has 7 heteroatoms. The van der Waals surface area contributed by atoms with Crippen LogP contribution in [0.5, 0.6) is 0 Å². The summed E-state index contributed by atoms with van der Waals surface area (Å²) in [5, 5.41) is 9.32. The van der Waals surface area contributed by atoms with E-state index in [1.165, 1.54) is 4.90 Å². The fourth-order valence-corrected chi connectivity index (χ4v) is 3.41. The molecule has 1 aliphatic rings. The molecule has 1 unspecified atom stereocenters. The number of hydrogen-bond acceptors (Lipinski definition) is 4. The fourth-order valence-electron chi connectivity index (χ4n) is 2.14. The van der Waals surface area contributed by atoms with Gasteiger partial charge in [0, 0.05) is 19.5 Å². The lowest BCUT2D eigenvalue weighted by Crippen LogP contribution is -2.42. The van der Waals surface area contributed by atoms with Crippen LogP contribution in [0.25, 0.3) is 0 Å². The zero-order valence-electron chi connectivity index (χ0n) is 12.3. The van der Waals surface area contributed by atoms with Gasteiger partial charge < -0.3 is 10.0 Å². The van der Waals surface area contributed by atoms with Crippen LogP contribution in [0.4, 0.5) is 0 Å². The van der Waals surface area contributed by atoms with Gasteiger partial charge in [0.2, 0.25) is 5.91 Å². The maximum absolute atomic E-state index is 12.3. The molecule has 0 spiro atoms. The highest BCUT2D eigenvalue weighted by Crippen LogP contribution is 2.32. The van der Waals surface area contributed by atoms with Crippen LogP contribution in [-0.4, -0.2) is 54.9 Å². The van der Waals surface area contributed by atoms with Crippen molar-refractivity contribution < 1.29 is 23.1 Å². The van der Waals surface area contributed by atoms with Crippen molar-refractivity contribution in [2.75, 3.05) is 24.6 Å². The molecule has 1 N–H and O–H groups in total. The summed E-state index contributed by atoms with van der Waals surface area (Å²) in [6.07, 6.45) is 0.319. The van der Waals surface area contributed by atoms with Gasteiger partial charge in [0.15, 0.2) is 9.84 Å². The van der Waals surface area contributed by atoms with Crippen LogP contribution in [-0.2, 0) is 19.4 Å².